The SMILES string of the molecule is CCSC1(CN)COC1. The predicted octanol–water partition coefficient (Wildman–Crippen LogP) is 0.467. The van der Waals surface area contributed by atoms with Gasteiger partial charge in [0, 0.05) is 6.54 Å². The van der Waals surface area contributed by atoms with Crippen LogP contribution in [0.3, 0.4) is 0 Å². The number of hydrogen-bond donors (Lipinski definition) is 1. The quantitative estimate of drug-likeness (QED) is 0.630. The van der Waals surface area contributed by atoms with E-state index in [0.29, 0.717) is 0 Å². The summed E-state index contributed by atoms with van der Waals surface area (Å²) >= 11 is 1.92. The van der Waals surface area contributed by atoms with Gasteiger partial charge in [-0.1, -0.05) is 6.92 Å². The van der Waals surface area contributed by atoms with Crippen LogP contribution in [0.5, 0.6) is 0 Å². The summed E-state index contributed by atoms with van der Waals surface area (Å²) in [5, 5.41) is 0. The van der Waals surface area contributed by atoms with Gasteiger partial charge in [-0.15, -0.1) is 11.8 Å². The summed E-state index contributed by atoms with van der Waals surface area (Å²) in [6, 6.07) is 0. The molecular weight excluding hydrogens is 134 g/mol. The maximum atomic E-state index is 5.55. The minimum atomic E-state index is 0.286. The summed E-state index contributed by atoms with van der Waals surface area (Å²) in [6.07, 6.45) is 0. The van der Waals surface area contributed by atoms with Crippen LogP contribution in [0.4, 0.5) is 0 Å². The Hall–Kier alpha value is 0.270. The summed E-state index contributed by atoms with van der Waals surface area (Å²) in [6.45, 7) is 4.61. The van der Waals surface area contributed by atoms with E-state index in [1.807, 2.05) is 11.8 Å². The molecule has 1 rings (SSSR count). The first kappa shape index (κ1) is 7.38. The normalized spacial score (nSPS) is 23.3. The lowest BCUT2D eigenvalue weighted by atomic mass is 10.1. The summed E-state index contributed by atoms with van der Waals surface area (Å²) in [7, 11) is 0. The lowest BCUT2D eigenvalue weighted by Gasteiger charge is -2.39. The zero-order chi connectivity index (χ0) is 6.74. The molecule has 0 radical (unpaired) electrons. The van der Waals surface area contributed by atoms with Crippen molar-refractivity contribution in [2.24, 2.45) is 5.73 Å². The van der Waals surface area contributed by atoms with Gasteiger partial charge in [0.25, 0.3) is 0 Å². The second-order valence-electron chi connectivity index (χ2n) is 2.31. The van der Waals surface area contributed by atoms with E-state index in [4.69, 9.17) is 10.5 Å². The summed E-state index contributed by atoms with van der Waals surface area (Å²) in [5.41, 5.74) is 5.55. The molecule has 54 valence electrons. The van der Waals surface area contributed by atoms with Crippen LogP contribution in [-0.4, -0.2) is 30.3 Å². The van der Waals surface area contributed by atoms with Crippen molar-refractivity contribution in [2.75, 3.05) is 25.5 Å². The average Bonchev–Trinajstić information content (AvgIpc) is 1.79. The summed E-state index contributed by atoms with van der Waals surface area (Å²) in [4.78, 5) is 0. The lowest BCUT2D eigenvalue weighted by molar-refractivity contribution is -0.00429. The Bertz CT molecular complexity index is 87.5. The molecule has 0 unspecified atom stereocenters. The molecule has 0 aromatic heterocycles. The number of rotatable bonds is 3. The largest absolute Gasteiger partial charge is 0.378 e. The molecule has 0 aliphatic carbocycles. The number of nitrogens with two attached hydrogens (primary N) is 1. The van der Waals surface area contributed by atoms with Gasteiger partial charge in [-0.25, -0.2) is 0 Å². The van der Waals surface area contributed by atoms with Crippen molar-refractivity contribution in [3.05, 3.63) is 0 Å². The average molecular weight is 147 g/mol. The Kier molecular flexibility index (Phi) is 2.38. The van der Waals surface area contributed by atoms with E-state index in [2.05, 4.69) is 6.92 Å². The first-order valence-corrected chi connectivity index (χ1v) is 4.23. The molecule has 0 bridgehead atoms. The van der Waals surface area contributed by atoms with Crippen molar-refractivity contribution in [3.63, 3.8) is 0 Å². The molecule has 1 aliphatic rings. The zero-order valence-electron chi connectivity index (χ0n) is 5.72. The minimum Gasteiger partial charge on any atom is -0.378 e. The lowest BCUT2D eigenvalue weighted by Crippen LogP contribution is -2.52. The van der Waals surface area contributed by atoms with Crippen molar-refractivity contribution in [3.8, 4) is 0 Å². The van der Waals surface area contributed by atoms with E-state index in [0.717, 1.165) is 25.5 Å². The molecule has 2 nitrogen and oxygen atoms in total. The van der Waals surface area contributed by atoms with Crippen molar-refractivity contribution in [1.29, 1.82) is 0 Å². The first-order valence-electron chi connectivity index (χ1n) is 3.25. The van der Waals surface area contributed by atoms with Gasteiger partial charge in [-0.3, -0.25) is 0 Å². The van der Waals surface area contributed by atoms with Crippen LogP contribution in [0.15, 0.2) is 0 Å². The van der Waals surface area contributed by atoms with Gasteiger partial charge in [-0.05, 0) is 5.75 Å². The highest BCUT2D eigenvalue weighted by atomic mass is 32.2. The molecule has 3 heteroatoms. The van der Waals surface area contributed by atoms with Crippen LogP contribution in [0, 0.1) is 0 Å². The molecule has 0 amide bonds. The van der Waals surface area contributed by atoms with Crippen molar-refractivity contribution >= 4 is 11.8 Å². The summed E-state index contributed by atoms with van der Waals surface area (Å²) in [5.74, 6) is 1.14. The van der Waals surface area contributed by atoms with Gasteiger partial charge in [0.2, 0.25) is 0 Å². The van der Waals surface area contributed by atoms with Crippen molar-refractivity contribution in [1.82, 2.24) is 0 Å². The van der Waals surface area contributed by atoms with Crippen LogP contribution < -0.4 is 5.73 Å². The van der Waals surface area contributed by atoms with Gasteiger partial charge in [-0.2, -0.15) is 0 Å². The third-order valence-electron chi connectivity index (χ3n) is 1.55. The van der Waals surface area contributed by atoms with Gasteiger partial charge >= 0.3 is 0 Å². The second-order valence-corrected chi connectivity index (χ2v) is 4.04. The molecule has 0 spiro atoms. The standard InChI is InChI=1S/C6H13NOS/c1-2-9-6(3-7)4-8-5-6/h2-5,7H2,1H3. The fraction of sp³-hybridized carbons (Fsp3) is 1.00. The van der Waals surface area contributed by atoms with Crippen LogP contribution in [0.25, 0.3) is 0 Å². The maximum Gasteiger partial charge on any atom is 0.0747 e. The van der Waals surface area contributed by atoms with Crippen molar-refractivity contribution < 1.29 is 4.74 Å². The monoisotopic (exact) mass is 147 g/mol. The summed E-state index contributed by atoms with van der Waals surface area (Å²) < 4.78 is 5.37. The van der Waals surface area contributed by atoms with Gasteiger partial charge in [0.15, 0.2) is 0 Å². The first-order chi connectivity index (χ1) is 4.33. The minimum absolute atomic E-state index is 0.286. The van der Waals surface area contributed by atoms with Gasteiger partial charge in [0.05, 0.1) is 18.0 Å². The van der Waals surface area contributed by atoms with E-state index in [1.165, 1.54) is 0 Å². The fourth-order valence-corrected chi connectivity index (χ4v) is 1.96. The zero-order valence-corrected chi connectivity index (χ0v) is 6.54. The topological polar surface area (TPSA) is 35.2 Å². The molecule has 0 aromatic carbocycles. The van der Waals surface area contributed by atoms with Gasteiger partial charge < -0.3 is 10.5 Å². The third-order valence-corrected chi connectivity index (χ3v) is 2.86. The molecule has 0 aromatic rings. The number of ether oxygens (including phenoxy) is 1. The van der Waals surface area contributed by atoms with Crippen LogP contribution in [0.2, 0.25) is 0 Å². The van der Waals surface area contributed by atoms with Crippen LogP contribution >= 0.6 is 11.8 Å². The Morgan fingerprint density at radius 3 is 2.44 bits per heavy atom. The smallest absolute Gasteiger partial charge is 0.0747 e. The van der Waals surface area contributed by atoms with E-state index in [1.54, 1.807) is 0 Å². The molecule has 1 aliphatic heterocycles. The molecule has 1 fully saturated rings. The van der Waals surface area contributed by atoms with E-state index < -0.39 is 0 Å². The van der Waals surface area contributed by atoms with E-state index in [9.17, 15) is 0 Å². The predicted molar refractivity (Wildman–Crippen MR) is 40.7 cm³/mol. The maximum absolute atomic E-state index is 5.55. The third kappa shape index (κ3) is 1.39. The molecular formula is C6H13NOS. The van der Waals surface area contributed by atoms with E-state index >= 15 is 0 Å². The number of hydrogen-bond acceptors (Lipinski definition) is 3. The Balaban J connectivity index is 2.28. The molecule has 1 heterocycles. The Labute approximate surface area is 60.1 Å². The van der Waals surface area contributed by atoms with E-state index in [-0.39, 0.29) is 4.75 Å². The Morgan fingerprint density at radius 1 is 1.67 bits per heavy atom. The number of thioether (sulfide) groups is 1. The highest BCUT2D eigenvalue weighted by Crippen LogP contribution is 2.31. The van der Waals surface area contributed by atoms with Gasteiger partial charge in [0.1, 0.15) is 0 Å². The van der Waals surface area contributed by atoms with Crippen molar-refractivity contribution in [2.45, 2.75) is 11.7 Å². The fourth-order valence-electron chi connectivity index (χ4n) is 0.896. The highest BCUT2D eigenvalue weighted by Gasteiger charge is 2.36. The van der Waals surface area contributed by atoms with Crippen LogP contribution in [0.1, 0.15) is 6.92 Å². The molecule has 0 atom stereocenters. The second kappa shape index (κ2) is 2.90. The molecule has 0 saturated carbocycles. The highest BCUT2D eigenvalue weighted by molar-refractivity contribution is 8.00. The molecule has 2 N–H and O–H groups in total. The molecule has 9 heavy (non-hydrogen) atoms. The van der Waals surface area contributed by atoms with Crippen LogP contribution in [-0.2, 0) is 4.74 Å². The molecule has 1 saturated heterocycles. The Morgan fingerprint density at radius 2 is 2.33 bits per heavy atom.